The van der Waals surface area contributed by atoms with Crippen molar-refractivity contribution in [3.05, 3.63) is 0 Å². The van der Waals surface area contributed by atoms with Crippen LogP contribution >= 0.6 is 0 Å². The topological polar surface area (TPSA) is 192 Å². The lowest BCUT2D eigenvalue weighted by Gasteiger charge is -2.41. The Labute approximate surface area is 468 Å². The average Bonchev–Trinajstić information content (AvgIpc) is 3.40. The first-order valence-electron chi connectivity index (χ1n) is 32.9. The molecule has 1 fully saturated rings. The number of hydrogen-bond donors (Lipinski definition) is 6. The minimum atomic E-state index is -5.08. The van der Waals surface area contributed by atoms with Crippen LogP contribution in [-0.2, 0) is 28.9 Å². The first-order valence-corrected chi connectivity index (χ1v) is 34.3. The van der Waals surface area contributed by atoms with Crippen molar-refractivity contribution in [1.29, 1.82) is 0 Å². The van der Waals surface area contributed by atoms with Gasteiger partial charge in [-0.2, -0.15) is 8.42 Å². The van der Waals surface area contributed by atoms with Gasteiger partial charge >= 0.3 is 10.4 Å². The zero-order valence-electron chi connectivity index (χ0n) is 49.6. The smallest absolute Gasteiger partial charge is 0.394 e. The third kappa shape index (κ3) is 44.8. The Morgan fingerprint density at radius 2 is 0.763 bits per heavy atom. The van der Waals surface area contributed by atoms with Crippen LogP contribution < -0.4 is 5.32 Å². The van der Waals surface area contributed by atoms with Crippen molar-refractivity contribution in [3.63, 3.8) is 0 Å². The monoisotopic (exact) mass is 1100 g/mol. The summed E-state index contributed by atoms with van der Waals surface area (Å²) in [5.74, 6) is -0.220. The van der Waals surface area contributed by atoms with Gasteiger partial charge < -0.3 is 35.2 Å². The van der Waals surface area contributed by atoms with Gasteiger partial charge in [-0.1, -0.05) is 322 Å². The van der Waals surface area contributed by atoms with Gasteiger partial charge in [0, 0.05) is 6.42 Å². The average molecular weight is 1100 g/mol. The zero-order chi connectivity index (χ0) is 55.4. The molecule has 0 aromatic carbocycles. The summed E-state index contributed by atoms with van der Waals surface area (Å²) in [6.07, 6.45) is 55.5. The maximum absolute atomic E-state index is 13.2. The maximum atomic E-state index is 13.2. The van der Waals surface area contributed by atoms with Crippen LogP contribution in [0.25, 0.3) is 0 Å². The van der Waals surface area contributed by atoms with Crippen molar-refractivity contribution >= 4 is 16.3 Å². The van der Waals surface area contributed by atoms with E-state index in [1.165, 1.54) is 263 Å². The molecule has 0 saturated carbocycles. The molecule has 7 atom stereocenters. The Morgan fingerprint density at radius 1 is 0.474 bits per heavy atom. The van der Waals surface area contributed by atoms with E-state index >= 15 is 0 Å². The number of unbranched alkanes of at least 4 members (excludes halogenated alkanes) is 47. The molecule has 454 valence electrons. The van der Waals surface area contributed by atoms with Crippen molar-refractivity contribution in [3.8, 4) is 0 Å². The van der Waals surface area contributed by atoms with Gasteiger partial charge in [-0.25, -0.2) is 4.18 Å². The van der Waals surface area contributed by atoms with Crippen LogP contribution in [0, 0.1) is 0 Å². The summed E-state index contributed by atoms with van der Waals surface area (Å²) in [5.41, 5.74) is 0. The molecule has 1 aliphatic heterocycles. The highest BCUT2D eigenvalue weighted by atomic mass is 32.3. The summed E-state index contributed by atoms with van der Waals surface area (Å²) in [5, 5.41) is 45.3. The van der Waals surface area contributed by atoms with Gasteiger partial charge in [0.1, 0.15) is 24.4 Å². The lowest BCUT2D eigenvalue weighted by molar-refractivity contribution is -0.298. The molecule has 0 bridgehead atoms. The molecule has 0 aromatic heterocycles. The number of rotatable bonds is 59. The summed E-state index contributed by atoms with van der Waals surface area (Å²) in [4.78, 5) is 13.2. The summed E-state index contributed by atoms with van der Waals surface area (Å²) in [6, 6.07) is -0.854. The molecule has 12 nitrogen and oxygen atoms in total. The third-order valence-electron chi connectivity index (χ3n) is 16.2. The van der Waals surface area contributed by atoms with Crippen molar-refractivity contribution in [2.75, 3.05) is 13.2 Å². The number of nitrogens with one attached hydrogen (secondary N) is 1. The van der Waals surface area contributed by atoms with E-state index in [1.54, 1.807) is 0 Å². The van der Waals surface area contributed by atoms with Gasteiger partial charge in [-0.05, 0) is 12.8 Å². The van der Waals surface area contributed by atoms with E-state index in [4.69, 9.17) is 9.47 Å². The summed E-state index contributed by atoms with van der Waals surface area (Å²) in [6.45, 7) is 3.53. The molecule has 1 saturated heterocycles. The summed E-state index contributed by atoms with van der Waals surface area (Å²) >= 11 is 0. The van der Waals surface area contributed by atoms with Crippen LogP contribution in [0.3, 0.4) is 0 Å². The van der Waals surface area contributed by atoms with E-state index in [-0.39, 0.29) is 12.5 Å². The second-order valence-corrected chi connectivity index (χ2v) is 24.5. The maximum Gasteiger partial charge on any atom is 0.397 e. The van der Waals surface area contributed by atoms with Crippen LogP contribution in [0.15, 0.2) is 0 Å². The molecular weight excluding hydrogens is 979 g/mol. The van der Waals surface area contributed by atoms with Crippen molar-refractivity contribution in [1.82, 2.24) is 5.32 Å². The van der Waals surface area contributed by atoms with Gasteiger partial charge in [0.05, 0.1) is 25.4 Å². The summed E-state index contributed by atoms with van der Waals surface area (Å²) in [7, 11) is -5.08. The molecular formula is C63H125NO11S. The normalized spacial score (nSPS) is 18.9. The number of ether oxygens (including phenoxy) is 2. The van der Waals surface area contributed by atoms with Gasteiger partial charge in [0.2, 0.25) is 5.91 Å². The molecule has 76 heavy (non-hydrogen) atoms. The molecule has 7 unspecified atom stereocenters. The van der Waals surface area contributed by atoms with E-state index in [9.17, 15) is 38.2 Å². The minimum absolute atomic E-state index is 0.220. The summed E-state index contributed by atoms with van der Waals surface area (Å²) < 4.78 is 48.1. The highest BCUT2D eigenvalue weighted by Crippen LogP contribution is 2.27. The van der Waals surface area contributed by atoms with E-state index < -0.39 is 59.9 Å². The fourth-order valence-electron chi connectivity index (χ4n) is 11.1. The van der Waals surface area contributed by atoms with Gasteiger partial charge in [0.25, 0.3) is 0 Å². The fourth-order valence-corrected chi connectivity index (χ4v) is 11.6. The van der Waals surface area contributed by atoms with Crippen LogP contribution in [0.1, 0.15) is 341 Å². The molecule has 1 aliphatic rings. The number of carbonyl (C=O) groups is 1. The zero-order valence-corrected chi connectivity index (χ0v) is 50.4. The quantitative estimate of drug-likeness (QED) is 0.0251. The third-order valence-corrected chi connectivity index (χ3v) is 16.6. The lowest BCUT2D eigenvalue weighted by Crippen LogP contribution is -2.61. The Kier molecular flexibility index (Phi) is 51.4. The Bertz CT molecular complexity index is 1340. The highest BCUT2D eigenvalue weighted by molar-refractivity contribution is 7.80. The molecule has 1 rings (SSSR count). The first-order chi connectivity index (χ1) is 37.0. The SMILES string of the molecule is CCCCCCCCCCCCCCCCCCCCCCCCCCCC(=O)NC(COC1OC(CO)C(O)C(OS(=O)(=O)O)C1O)C(O)CCCCCCCCCCCCCCCCCCCCCCCCCC. The number of carbonyl (C=O) groups excluding carboxylic acids is 1. The number of aliphatic hydroxyl groups is 4. The standard InChI is InChI=1S/C63H125NO11S/c1-3-5-7-9-11-13-15-17-19-21-23-25-27-29-31-33-35-37-39-41-43-45-47-49-51-53-59(67)64-56(55-73-63-61(69)62(75-76(70,71)72)60(68)58(54-65)74-63)57(66)52-50-48-46-44-42-40-38-36-34-32-30-28-26-24-22-20-18-16-14-12-10-8-6-4-2/h56-58,60-63,65-66,68-69H,3-55H2,1-2H3,(H,64,67)(H,70,71,72). The molecule has 1 heterocycles. The molecule has 0 aliphatic carbocycles. The number of amides is 1. The molecule has 1 amide bonds. The molecule has 0 spiro atoms. The fraction of sp³-hybridized carbons (Fsp3) is 0.984. The number of aliphatic hydroxyl groups excluding tert-OH is 4. The molecule has 0 radical (unpaired) electrons. The van der Waals surface area contributed by atoms with E-state index in [1.807, 2.05) is 0 Å². The second kappa shape index (κ2) is 53.4. The van der Waals surface area contributed by atoms with Crippen LogP contribution in [-0.4, -0.2) is 95.4 Å². The lowest BCUT2D eigenvalue weighted by atomic mass is 9.99. The Morgan fingerprint density at radius 3 is 1.05 bits per heavy atom. The largest absolute Gasteiger partial charge is 0.397 e. The van der Waals surface area contributed by atoms with Gasteiger partial charge in [-0.3, -0.25) is 9.35 Å². The highest BCUT2D eigenvalue weighted by Gasteiger charge is 2.48. The predicted molar refractivity (Wildman–Crippen MR) is 315 cm³/mol. The number of hydrogen-bond acceptors (Lipinski definition) is 10. The minimum Gasteiger partial charge on any atom is -0.394 e. The molecule has 0 aromatic rings. The van der Waals surface area contributed by atoms with E-state index in [2.05, 4.69) is 23.3 Å². The van der Waals surface area contributed by atoms with Crippen LogP contribution in [0.4, 0.5) is 0 Å². The molecule has 13 heteroatoms. The predicted octanol–water partition coefficient (Wildman–Crippen LogP) is 16.4. The molecule has 6 N–H and O–H groups in total. The van der Waals surface area contributed by atoms with Crippen LogP contribution in [0.2, 0.25) is 0 Å². The van der Waals surface area contributed by atoms with Crippen molar-refractivity contribution < 1.29 is 51.8 Å². The van der Waals surface area contributed by atoms with E-state index in [0.29, 0.717) is 12.8 Å². The first kappa shape index (κ1) is 73.1. The van der Waals surface area contributed by atoms with Crippen molar-refractivity contribution in [2.24, 2.45) is 0 Å². The van der Waals surface area contributed by atoms with Crippen LogP contribution in [0.5, 0.6) is 0 Å². The van der Waals surface area contributed by atoms with Crippen molar-refractivity contribution in [2.45, 2.75) is 384 Å². The Hall–Kier alpha value is -0.900. The second-order valence-electron chi connectivity index (χ2n) is 23.4. The van der Waals surface area contributed by atoms with E-state index in [0.717, 1.165) is 51.4 Å². The van der Waals surface area contributed by atoms with Gasteiger partial charge in [0.15, 0.2) is 6.29 Å². The Balaban J connectivity index is 2.27. The van der Waals surface area contributed by atoms with Gasteiger partial charge in [-0.15, -0.1) is 0 Å².